The van der Waals surface area contributed by atoms with Crippen LogP contribution >= 0.6 is 22.7 Å². The number of amides is 1. The number of hydrogen-bond donors (Lipinski definition) is 1. The van der Waals surface area contributed by atoms with E-state index in [4.69, 9.17) is 0 Å². The Hall–Kier alpha value is -1.20. The second kappa shape index (κ2) is 6.30. The molecule has 0 saturated carbocycles. The lowest BCUT2D eigenvalue weighted by atomic mass is 10.2. The largest absolute Gasteiger partial charge is 0.354 e. The fourth-order valence-corrected chi connectivity index (χ4v) is 3.62. The molecule has 3 nitrogen and oxygen atoms in total. The monoisotopic (exact) mass is 294 g/mol. The van der Waals surface area contributed by atoms with Crippen molar-refractivity contribution >= 4 is 28.6 Å². The van der Waals surface area contributed by atoms with Crippen LogP contribution < -0.4 is 5.32 Å². The molecule has 0 bridgehead atoms. The Labute approximate surface area is 121 Å². The summed E-state index contributed by atoms with van der Waals surface area (Å²) in [6.45, 7) is 5.97. The number of rotatable bonds is 5. The van der Waals surface area contributed by atoms with Crippen LogP contribution in [0.2, 0.25) is 0 Å². The lowest BCUT2D eigenvalue weighted by Crippen LogP contribution is -2.30. The average molecular weight is 294 g/mol. The minimum Gasteiger partial charge on any atom is -0.354 e. The van der Waals surface area contributed by atoms with Gasteiger partial charge in [0.05, 0.1) is 15.6 Å². The third-order valence-corrected chi connectivity index (χ3v) is 4.49. The first-order chi connectivity index (χ1) is 9.06. The number of aromatic nitrogens is 1. The third kappa shape index (κ3) is 3.88. The highest BCUT2D eigenvalue weighted by Gasteiger charge is 2.13. The zero-order valence-electron chi connectivity index (χ0n) is 11.4. The normalized spacial score (nSPS) is 10.9. The highest BCUT2D eigenvalue weighted by molar-refractivity contribution is 7.15. The minimum atomic E-state index is 0.109. The minimum absolute atomic E-state index is 0.109. The first kappa shape index (κ1) is 14.2. The molecule has 0 saturated heterocycles. The van der Waals surface area contributed by atoms with Crippen LogP contribution in [0.1, 0.15) is 30.2 Å². The second-order valence-corrected chi connectivity index (χ2v) is 6.94. The van der Waals surface area contributed by atoms with Gasteiger partial charge in [0.1, 0.15) is 0 Å². The number of nitrogens with zero attached hydrogens (tertiary/aromatic N) is 1. The molecule has 0 aromatic carbocycles. The second-order valence-electron chi connectivity index (χ2n) is 4.70. The number of thiophene rings is 1. The molecule has 19 heavy (non-hydrogen) atoms. The summed E-state index contributed by atoms with van der Waals surface area (Å²) in [7, 11) is 0. The molecule has 0 aliphatic carbocycles. The van der Waals surface area contributed by atoms with Crippen LogP contribution in [-0.4, -0.2) is 16.9 Å². The molecular weight excluding hydrogens is 276 g/mol. The average Bonchev–Trinajstić information content (AvgIpc) is 2.93. The van der Waals surface area contributed by atoms with Gasteiger partial charge in [0.25, 0.3) is 0 Å². The molecule has 0 radical (unpaired) electrons. The predicted octanol–water partition coefficient (Wildman–Crippen LogP) is 3.64. The van der Waals surface area contributed by atoms with Crippen molar-refractivity contribution in [3.8, 4) is 10.6 Å². The Kier molecular flexibility index (Phi) is 4.71. The molecule has 2 aromatic rings. The third-order valence-electron chi connectivity index (χ3n) is 2.59. The molecule has 1 amide bonds. The van der Waals surface area contributed by atoms with Crippen LogP contribution in [0.15, 0.2) is 17.5 Å². The smallest absolute Gasteiger partial charge is 0.220 e. The van der Waals surface area contributed by atoms with Crippen molar-refractivity contribution in [2.24, 2.45) is 0 Å². The molecule has 5 heteroatoms. The first-order valence-corrected chi connectivity index (χ1v) is 8.05. The van der Waals surface area contributed by atoms with E-state index in [9.17, 15) is 4.79 Å². The van der Waals surface area contributed by atoms with Crippen LogP contribution in [0, 0.1) is 6.92 Å². The highest BCUT2D eigenvalue weighted by Crippen LogP contribution is 2.31. The molecule has 2 heterocycles. The van der Waals surface area contributed by atoms with Crippen LogP contribution in [0.25, 0.3) is 10.6 Å². The number of nitrogens with one attached hydrogen (secondary N) is 1. The van der Waals surface area contributed by atoms with Crippen LogP contribution in [-0.2, 0) is 11.2 Å². The van der Waals surface area contributed by atoms with Gasteiger partial charge in [-0.15, -0.1) is 22.7 Å². The summed E-state index contributed by atoms with van der Waals surface area (Å²) in [5.41, 5.74) is 1.05. The molecule has 102 valence electrons. The van der Waals surface area contributed by atoms with Crippen molar-refractivity contribution in [2.45, 2.75) is 39.7 Å². The standard InChI is InChI=1S/C14H18N2OS2/c1-9(2)15-13(17)7-6-12-14(16-10(3)19-12)11-5-4-8-18-11/h4-5,8-9H,6-7H2,1-3H3,(H,15,17). The van der Waals surface area contributed by atoms with E-state index in [2.05, 4.69) is 21.7 Å². The van der Waals surface area contributed by atoms with Crippen molar-refractivity contribution in [1.29, 1.82) is 0 Å². The van der Waals surface area contributed by atoms with Gasteiger partial charge in [-0.1, -0.05) is 6.07 Å². The van der Waals surface area contributed by atoms with Crippen LogP contribution in [0.3, 0.4) is 0 Å². The first-order valence-electron chi connectivity index (χ1n) is 6.36. The molecule has 2 rings (SSSR count). The maximum absolute atomic E-state index is 11.7. The van der Waals surface area contributed by atoms with Gasteiger partial charge >= 0.3 is 0 Å². The fraction of sp³-hybridized carbons (Fsp3) is 0.429. The maximum atomic E-state index is 11.7. The van der Waals surface area contributed by atoms with E-state index in [1.807, 2.05) is 26.8 Å². The lowest BCUT2D eigenvalue weighted by molar-refractivity contribution is -0.121. The SMILES string of the molecule is Cc1nc(-c2cccs2)c(CCC(=O)NC(C)C)s1. The maximum Gasteiger partial charge on any atom is 0.220 e. The van der Waals surface area contributed by atoms with E-state index >= 15 is 0 Å². The zero-order valence-corrected chi connectivity index (χ0v) is 13.0. The van der Waals surface area contributed by atoms with E-state index in [0.29, 0.717) is 6.42 Å². The van der Waals surface area contributed by atoms with Crippen molar-refractivity contribution < 1.29 is 4.79 Å². The predicted molar refractivity (Wildman–Crippen MR) is 81.8 cm³/mol. The Balaban J connectivity index is 2.07. The van der Waals surface area contributed by atoms with Crippen molar-refractivity contribution in [1.82, 2.24) is 10.3 Å². The number of aryl methyl sites for hydroxylation is 2. The van der Waals surface area contributed by atoms with Gasteiger partial charge in [0.15, 0.2) is 0 Å². The molecule has 0 unspecified atom stereocenters. The summed E-state index contributed by atoms with van der Waals surface area (Å²) in [4.78, 5) is 18.7. The number of carbonyl (C=O) groups is 1. The molecule has 2 aromatic heterocycles. The Morgan fingerprint density at radius 1 is 1.47 bits per heavy atom. The molecule has 0 aliphatic heterocycles. The quantitative estimate of drug-likeness (QED) is 0.915. The summed E-state index contributed by atoms with van der Waals surface area (Å²) in [5, 5.41) is 6.03. The molecule has 0 spiro atoms. The molecule has 1 N–H and O–H groups in total. The van der Waals surface area contributed by atoms with Crippen molar-refractivity contribution in [2.75, 3.05) is 0 Å². The van der Waals surface area contributed by atoms with Gasteiger partial charge in [0, 0.05) is 17.3 Å². The lowest BCUT2D eigenvalue weighted by Gasteiger charge is -2.07. The summed E-state index contributed by atoms with van der Waals surface area (Å²) in [5.74, 6) is 0.109. The molecule has 0 aliphatic rings. The van der Waals surface area contributed by atoms with E-state index in [0.717, 1.165) is 17.1 Å². The fourth-order valence-electron chi connectivity index (χ4n) is 1.87. The number of thiazole rings is 1. The highest BCUT2D eigenvalue weighted by atomic mass is 32.1. The van der Waals surface area contributed by atoms with Gasteiger partial charge in [0.2, 0.25) is 5.91 Å². The summed E-state index contributed by atoms with van der Waals surface area (Å²) >= 11 is 3.38. The van der Waals surface area contributed by atoms with Gasteiger partial charge in [-0.25, -0.2) is 4.98 Å². The topological polar surface area (TPSA) is 42.0 Å². The van der Waals surface area contributed by atoms with Gasteiger partial charge in [-0.3, -0.25) is 4.79 Å². The molecule has 0 atom stereocenters. The van der Waals surface area contributed by atoms with Crippen LogP contribution in [0.5, 0.6) is 0 Å². The number of hydrogen-bond acceptors (Lipinski definition) is 4. The van der Waals surface area contributed by atoms with E-state index in [1.54, 1.807) is 22.7 Å². The summed E-state index contributed by atoms with van der Waals surface area (Å²) in [6.07, 6.45) is 1.29. The Morgan fingerprint density at radius 3 is 2.89 bits per heavy atom. The van der Waals surface area contributed by atoms with Crippen molar-refractivity contribution in [3.05, 3.63) is 27.4 Å². The molecule has 0 fully saturated rings. The van der Waals surface area contributed by atoms with Crippen molar-refractivity contribution in [3.63, 3.8) is 0 Å². The van der Waals surface area contributed by atoms with Crippen LogP contribution in [0.4, 0.5) is 0 Å². The van der Waals surface area contributed by atoms with Gasteiger partial charge in [-0.05, 0) is 38.6 Å². The number of carbonyl (C=O) groups excluding carboxylic acids is 1. The zero-order chi connectivity index (χ0) is 13.8. The molecular formula is C14H18N2OS2. The Bertz CT molecular complexity index is 544. The van der Waals surface area contributed by atoms with E-state index in [-0.39, 0.29) is 11.9 Å². The van der Waals surface area contributed by atoms with Gasteiger partial charge < -0.3 is 5.32 Å². The Morgan fingerprint density at radius 2 is 2.26 bits per heavy atom. The van der Waals surface area contributed by atoms with Gasteiger partial charge in [-0.2, -0.15) is 0 Å². The summed E-state index contributed by atoms with van der Waals surface area (Å²) in [6, 6.07) is 4.31. The summed E-state index contributed by atoms with van der Waals surface area (Å²) < 4.78 is 0. The van der Waals surface area contributed by atoms with E-state index in [1.165, 1.54) is 9.75 Å². The van der Waals surface area contributed by atoms with E-state index < -0.39 is 0 Å².